The summed E-state index contributed by atoms with van der Waals surface area (Å²) in [5, 5.41) is 38.2. The van der Waals surface area contributed by atoms with E-state index in [9.17, 15) is 19.8 Å². The Labute approximate surface area is 86.3 Å². The number of carbonyl (C=O) groups excluding carboxylic acids is 2. The van der Waals surface area contributed by atoms with Gasteiger partial charge in [0.2, 0.25) is 5.91 Å². The van der Waals surface area contributed by atoms with Crippen molar-refractivity contribution in [1.82, 2.24) is 5.32 Å². The zero-order valence-corrected chi connectivity index (χ0v) is 8.20. The van der Waals surface area contributed by atoms with E-state index < -0.39 is 36.9 Å². The molecule has 0 aliphatic rings. The maximum Gasteiger partial charge on any atom is 0.217 e. The molecule has 7 nitrogen and oxygen atoms in total. The van der Waals surface area contributed by atoms with Gasteiger partial charge in [-0.15, -0.1) is 0 Å². The Bertz CT molecular complexity index is 221. The summed E-state index contributed by atoms with van der Waals surface area (Å²) in [7, 11) is 0. The molecule has 0 aromatic rings. The van der Waals surface area contributed by atoms with Gasteiger partial charge in [-0.2, -0.15) is 0 Å². The van der Waals surface area contributed by atoms with Crippen LogP contribution in [-0.2, 0) is 9.59 Å². The highest BCUT2D eigenvalue weighted by atomic mass is 16.4. The summed E-state index contributed by atoms with van der Waals surface area (Å²) in [6.45, 7) is 0.377. The highest BCUT2D eigenvalue weighted by Gasteiger charge is 2.31. The molecule has 0 saturated heterocycles. The van der Waals surface area contributed by atoms with E-state index in [1.54, 1.807) is 0 Å². The molecule has 0 aliphatic carbocycles. The van der Waals surface area contributed by atoms with E-state index in [1.807, 2.05) is 0 Å². The van der Waals surface area contributed by atoms with Crippen molar-refractivity contribution in [2.45, 2.75) is 31.3 Å². The number of aliphatic hydroxyl groups is 4. The number of carbonyl (C=O) groups is 2. The molecule has 88 valence electrons. The zero-order valence-electron chi connectivity index (χ0n) is 8.20. The number of rotatable bonds is 6. The first kappa shape index (κ1) is 14.0. The molecule has 0 aliphatic heterocycles. The third-order valence-electron chi connectivity index (χ3n) is 1.82. The highest BCUT2D eigenvalue weighted by molar-refractivity contribution is 5.77. The number of aldehydes is 1. The van der Waals surface area contributed by atoms with E-state index in [-0.39, 0.29) is 6.29 Å². The predicted molar refractivity (Wildman–Crippen MR) is 48.8 cm³/mol. The van der Waals surface area contributed by atoms with E-state index in [0.29, 0.717) is 0 Å². The van der Waals surface area contributed by atoms with Gasteiger partial charge in [0.05, 0.1) is 6.61 Å². The van der Waals surface area contributed by atoms with Crippen LogP contribution in [0.1, 0.15) is 6.92 Å². The first-order valence-corrected chi connectivity index (χ1v) is 4.31. The molecular formula is C8H15NO6. The summed E-state index contributed by atoms with van der Waals surface area (Å²) in [4.78, 5) is 21.1. The Morgan fingerprint density at radius 2 is 1.87 bits per heavy atom. The van der Waals surface area contributed by atoms with Crippen molar-refractivity contribution in [1.29, 1.82) is 0 Å². The monoisotopic (exact) mass is 223 g/mol. The van der Waals surface area contributed by atoms with Crippen LogP contribution in [0, 0.1) is 0 Å². The largest absolute Gasteiger partial charge is 0.394 e. The van der Waals surface area contributed by atoms with Gasteiger partial charge < -0.3 is 30.5 Å². The molecule has 0 saturated carbocycles. The topological polar surface area (TPSA) is 127 Å². The van der Waals surface area contributed by atoms with Crippen molar-refractivity contribution in [3.63, 3.8) is 0 Å². The molecule has 0 fully saturated rings. The molecule has 5 N–H and O–H groups in total. The molecule has 4 atom stereocenters. The van der Waals surface area contributed by atoms with Crippen molar-refractivity contribution in [2.75, 3.05) is 6.61 Å². The Hall–Kier alpha value is -1.02. The van der Waals surface area contributed by atoms with Crippen molar-refractivity contribution in [3.05, 3.63) is 0 Å². The third-order valence-corrected chi connectivity index (χ3v) is 1.82. The van der Waals surface area contributed by atoms with Gasteiger partial charge in [0.1, 0.15) is 30.6 Å². The van der Waals surface area contributed by atoms with E-state index in [0.717, 1.165) is 6.92 Å². The maximum absolute atomic E-state index is 10.6. The van der Waals surface area contributed by atoms with E-state index >= 15 is 0 Å². The van der Waals surface area contributed by atoms with E-state index in [2.05, 4.69) is 5.32 Å². The zero-order chi connectivity index (χ0) is 12.0. The molecular weight excluding hydrogens is 208 g/mol. The number of nitrogens with one attached hydrogen (secondary N) is 1. The fourth-order valence-corrected chi connectivity index (χ4v) is 0.983. The molecule has 0 unspecified atom stereocenters. The average molecular weight is 223 g/mol. The summed E-state index contributed by atoms with van der Waals surface area (Å²) in [5.74, 6) is -0.558. The van der Waals surface area contributed by atoms with Crippen molar-refractivity contribution >= 4 is 12.2 Å². The van der Waals surface area contributed by atoms with Crippen LogP contribution in [0.2, 0.25) is 0 Å². The fraction of sp³-hybridized carbons (Fsp3) is 0.750. The molecule has 15 heavy (non-hydrogen) atoms. The van der Waals surface area contributed by atoms with Crippen LogP contribution < -0.4 is 5.32 Å². The average Bonchev–Trinajstić information content (AvgIpc) is 2.22. The lowest BCUT2D eigenvalue weighted by Gasteiger charge is -2.25. The van der Waals surface area contributed by atoms with Crippen LogP contribution in [-0.4, -0.2) is 63.6 Å². The summed E-state index contributed by atoms with van der Waals surface area (Å²) in [6, 6.07) is -1.32. The minimum atomic E-state index is -1.71. The van der Waals surface area contributed by atoms with Gasteiger partial charge in [-0.3, -0.25) is 4.79 Å². The Balaban J connectivity index is 4.42. The van der Waals surface area contributed by atoms with Crippen LogP contribution in [0.3, 0.4) is 0 Å². The summed E-state index contributed by atoms with van der Waals surface area (Å²) in [5.41, 5.74) is 0. The Morgan fingerprint density at radius 3 is 2.20 bits per heavy atom. The van der Waals surface area contributed by atoms with Gasteiger partial charge >= 0.3 is 0 Å². The van der Waals surface area contributed by atoms with Gasteiger partial charge in [-0.05, 0) is 0 Å². The number of amides is 1. The second kappa shape index (κ2) is 6.46. The molecule has 7 heteroatoms. The second-order valence-electron chi connectivity index (χ2n) is 3.09. The fourth-order valence-electron chi connectivity index (χ4n) is 0.983. The molecule has 0 bridgehead atoms. The Kier molecular flexibility index (Phi) is 6.02. The molecule has 0 heterocycles. The predicted octanol–water partition coefficient (Wildman–Crippen LogP) is -3.23. The van der Waals surface area contributed by atoms with Crippen LogP contribution in [0.15, 0.2) is 0 Å². The van der Waals surface area contributed by atoms with Crippen LogP contribution in [0.25, 0.3) is 0 Å². The van der Waals surface area contributed by atoms with E-state index in [4.69, 9.17) is 10.2 Å². The minimum absolute atomic E-state index is 0.235. The van der Waals surface area contributed by atoms with Crippen LogP contribution in [0.4, 0.5) is 0 Å². The molecule has 0 radical (unpaired) electrons. The lowest BCUT2D eigenvalue weighted by Crippen LogP contribution is -2.53. The molecule has 0 rings (SSSR count). The normalized spacial score (nSPS) is 18.7. The number of hydrogen-bond acceptors (Lipinski definition) is 6. The maximum atomic E-state index is 10.6. The third kappa shape index (κ3) is 4.34. The van der Waals surface area contributed by atoms with Crippen LogP contribution in [0.5, 0.6) is 0 Å². The second-order valence-corrected chi connectivity index (χ2v) is 3.09. The first-order valence-electron chi connectivity index (χ1n) is 4.31. The minimum Gasteiger partial charge on any atom is -0.394 e. The van der Waals surface area contributed by atoms with Gasteiger partial charge in [0.15, 0.2) is 0 Å². The van der Waals surface area contributed by atoms with Gasteiger partial charge in [0.25, 0.3) is 0 Å². The molecule has 0 aromatic heterocycles. The molecule has 0 aromatic carbocycles. The quantitative estimate of drug-likeness (QED) is 0.183. The smallest absolute Gasteiger partial charge is 0.217 e. The molecule has 1 amide bonds. The van der Waals surface area contributed by atoms with Gasteiger partial charge in [-0.1, -0.05) is 0 Å². The first-order chi connectivity index (χ1) is 6.93. The summed E-state index contributed by atoms with van der Waals surface area (Å²) in [6.07, 6.45) is -4.72. The van der Waals surface area contributed by atoms with Crippen molar-refractivity contribution in [2.24, 2.45) is 0 Å². The number of aliphatic hydroxyl groups excluding tert-OH is 4. The number of hydrogen-bond donors (Lipinski definition) is 5. The van der Waals surface area contributed by atoms with Crippen LogP contribution >= 0.6 is 0 Å². The lowest BCUT2D eigenvalue weighted by molar-refractivity contribution is -0.129. The van der Waals surface area contributed by atoms with Gasteiger partial charge in [0, 0.05) is 6.92 Å². The molecule has 0 spiro atoms. The Morgan fingerprint density at radius 1 is 1.33 bits per heavy atom. The van der Waals surface area contributed by atoms with Crippen molar-refractivity contribution < 1.29 is 30.0 Å². The SMILES string of the molecule is CC(=O)[15NH][C@@H](C=O)[C@@H](O)[C@H](O)[C@H](O)[13CH2]O. The highest BCUT2D eigenvalue weighted by Crippen LogP contribution is 2.03. The summed E-state index contributed by atoms with van der Waals surface area (Å²) < 4.78 is 0. The standard InChI is InChI=1S/C8H15NO6/c1-4(12)9-5(2-10)7(14)8(15)6(13)3-11/h2,5-8,11,13-15H,3H2,1H3,(H,9,12)/t5-,6+,7+,8+/m0/s1/i3+1,9+1. The van der Waals surface area contributed by atoms with E-state index in [1.165, 1.54) is 0 Å². The van der Waals surface area contributed by atoms with Crippen molar-refractivity contribution in [3.8, 4) is 0 Å². The lowest BCUT2D eigenvalue weighted by atomic mass is 10.1. The van der Waals surface area contributed by atoms with Gasteiger partial charge in [-0.25, -0.2) is 0 Å². The summed E-state index contributed by atoms with van der Waals surface area (Å²) >= 11 is 0.